The van der Waals surface area contributed by atoms with Gasteiger partial charge in [-0.1, -0.05) is 13.8 Å². The van der Waals surface area contributed by atoms with E-state index in [-0.39, 0.29) is 11.8 Å². The SMILES string of the molecule is CCNc1cc(NCCCC(N)=O)nc(C(C)C)n1. The quantitative estimate of drug-likeness (QED) is 0.622. The van der Waals surface area contributed by atoms with Crippen LogP contribution in [0.2, 0.25) is 0 Å². The molecule has 4 N–H and O–H groups in total. The number of primary amides is 1. The molecule has 1 aromatic rings. The highest BCUT2D eigenvalue weighted by molar-refractivity contribution is 5.73. The van der Waals surface area contributed by atoms with Gasteiger partial charge in [0.1, 0.15) is 17.5 Å². The van der Waals surface area contributed by atoms with Gasteiger partial charge in [-0.25, -0.2) is 9.97 Å². The summed E-state index contributed by atoms with van der Waals surface area (Å²) in [6, 6.07) is 1.87. The first-order valence-electron chi connectivity index (χ1n) is 6.68. The third-order valence-corrected chi connectivity index (χ3v) is 2.52. The molecule has 0 unspecified atom stereocenters. The molecule has 0 bridgehead atoms. The van der Waals surface area contributed by atoms with E-state index in [1.807, 2.05) is 13.0 Å². The van der Waals surface area contributed by atoms with Gasteiger partial charge in [-0.05, 0) is 13.3 Å². The molecular weight excluding hydrogens is 242 g/mol. The molecule has 0 atom stereocenters. The maximum absolute atomic E-state index is 10.7. The highest BCUT2D eigenvalue weighted by atomic mass is 16.1. The summed E-state index contributed by atoms with van der Waals surface area (Å²) >= 11 is 0. The molecule has 0 aliphatic heterocycles. The monoisotopic (exact) mass is 265 g/mol. The lowest BCUT2D eigenvalue weighted by atomic mass is 10.2. The number of amides is 1. The summed E-state index contributed by atoms with van der Waals surface area (Å²) in [7, 11) is 0. The molecule has 1 amide bonds. The maximum atomic E-state index is 10.7. The Kier molecular flexibility index (Phi) is 6.05. The average Bonchev–Trinajstić information content (AvgIpc) is 2.34. The second kappa shape index (κ2) is 7.56. The van der Waals surface area contributed by atoms with E-state index in [0.29, 0.717) is 19.4 Å². The van der Waals surface area contributed by atoms with Crippen molar-refractivity contribution >= 4 is 17.5 Å². The van der Waals surface area contributed by atoms with Crippen molar-refractivity contribution in [2.45, 2.75) is 39.5 Å². The molecule has 1 aromatic heterocycles. The molecule has 0 radical (unpaired) electrons. The fraction of sp³-hybridized carbons (Fsp3) is 0.615. The molecular formula is C13H23N5O. The van der Waals surface area contributed by atoms with Gasteiger partial charge in [-0.2, -0.15) is 0 Å². The Morgan fingerprint density at radius 1 is 1.32 bits per heavy atom. The predicted octanol–water partition coefficient (Wildman–Crippen LogP) is 1.71. The van der Waals surface area contributed by atoms with Gasteiger partial charge in [0.05, 0.1) is 0 Å². The zero-order valence-corrected chi connectivity index (χ0v) is 11.9. The number of carbonyl (C=O) groups excluding carboxylic acids is 1. The molecule has 0 spiro atoms. The number of anilines is 2. The topological polar surface area (TPSA) is 92.9 Å². The van der Waals surface area contributed by atoms with Crippen LogP contribution < -0.4 is 16.4 Å². The van der Waals surface area contributed by atoms with E-state index < -0.39 is 0 Å². The molecule has 6 heteroatoms. The highest BCUT2D eigenvalue weighted by Gasteiger charge is 2.07. The molecule has 106 valence electrons. The lowest BCUT2D eigenvalue weighted by Gasteiger charge is -2.12. The van der Waals surface area contributed by atoms with Crippen molar-refractivity contribution < 1.29 is 4.79 Å². The average molecular weight is 265 g/mol. The van der Waals surface area contributed by atoms with Crippen LogP contribution in [0.4, 0.5) is 11.6 Å². The van der Waals surface area contributed by atoms with Gasteiger partial charge in [-0.3, -0.25) is 4.79 Å². The second-order valence-corrected chi connectivity index (χ2v) is 4.68. The van der Waals surface area contributed by atoms with Crippen LogP contribution in [-0.2, 0) is 4.79 Å². The minimum atomic E-state index is -0.277. The number of rotatable bonds is 8. The number of hydrogen-bond donors (Lipinski definition) is 3. The van der Waals surface area contributed by atoms with E-state index >= 15 is 0 Å². The Morgan fingerprint density at radius 2 is 1.95 bits per heavy atom. The second-order valence-electron chi connectivity index (χ2n) is 4.68. The van der Waals surface area contributed by atoms with Gasteiger partial charge in [0.25, 0.3) is 0 Å². The van der Waals surface area contributed by atoms with Crippen molar-refractivity contribution in [3.8, 4) is 0 Å². The third-order valence-electron chi connectivity index (χ3n) is 2.52. The van der Waals surface area contributed by atoms with Gasteiger partial charge < -0.3 is 16.4 Å². The minimum Gasteiger partial charge on any atom is -0.370 e. The van der Waals surface area contributed by atoms with Crippen LogP contribution in [0.5, 0.6) is 0 Å². The molecule has 6 nitrogen and oxygen atoms in total. The minimum absolute atomic E-state index is 0.268. The summed E-state index contributed by atoms with van der Waals surface area (Å²) in [5.41, 5.74) is 5.10. The summed E-state index contributed by atoms with van der Waals surface area (Å²) in [4.78, 5) is 19.5. The predicted molar refractivity (Wildman–Crippen MR) is 77.2 cm³/mol. The Labute approximate surface area is 114 Å². The molecule has 1 rings (SSSR count). The smallest absolute Gasteiger partial charge is 0.217 e. The van der Waals surface area contributed by atoms with Gasteiger partial charge in [0.15, 0.2) is 0 Å². The molecule has 0 fully saturated rings. The van der Waals surface area contributed by atoms with E-state index in [1.165, 1.54) is 0 Å². The van der Waals surface area contributed by atoms with Crippen molar-refractivity contribution in [2.75, 3.05) is 23.7 Å². The number of aromatic nitrogens is 2. The van der Waals surface area contributed by atoms with Crippen molar-refractivity contribution in [3.63, 3.8) is 0 Å². The Bertz CT molecular complexity index is 419. The summed E-state index contributed by atoms with van der Waals surface area (Å²) in [5.74, 6) is 2.39. The van der Waals surface area contributed by atoms with Crippen LogP contribution in [0.3, 0.4) is 0 Å². The Hall–Kier alpha value is -1.85. The number of nitrogens with one attached hydrogen (secondary N) is 2. The number of nitrogens with two attached hydrogens (primary N) is 1. The normalized spacial score (nSPS) is 10.5. The Morgan fingerprint density at radius 3 is 2.47 bits per heavy atom. The van der Waals surface area contributed by atoms with E-state index in [0.717, 1.165) is 24.0 Å². The molecule has 19 heavy (non-hydrogen) atoms. The molecule has 0 saturated carbocycles. The van der Waals surface area contributed by atoms with Crippen LogP contribution in [0, 0.1) is 0 Å². The molecule has 0 aliphatic carbocycles. The number of nitrogens with zero attached hydrogens (tertiary/aromatic N) is 2. The molecule has 0 saturated heterocycles. The van der Waals surface area contributed by atoms with Crippen molar-refractivity contribution in [1.82, 2.24) is 9.97 Å². The third kappa shape index (κ3) is 5.54. The summed E-state index contributed by atoms with van der Waals surface area (Å²) in [6.07, 6.45) is 1.09. The fourth-order valence-electron chi connectivity index (χ4n) is 1.57. The zero-order chi connectivity index (χ0) is 14.3. The summed E-state index contributed by atoms with van der Waals surface area (Å²) < 4.78 is 0. The standard InChI is InChI=1S/C13H23N5O/c1-4-15-11-8-12(16-7-5-6-10(14)19)18-13(17-11)9(2)3/h8-9H,4-7H2,1-3H3,(H2,14,19)(H2,15,16,17,18). The van der Waals surface area contributed by atoms with E-state index in [9.17, 15) is 4.79 Å². The van der Waals surface area contributed by atoms with Crippen molar-refractivity contribution in [2.24, 2.45) is 5.73 Å². The summed E-state index contributed by atoms with van der Waals surface area (Å²) in [5, 5.41) is 6.38. The van der Waals surface area contributed by atoms with E-state index in [4.69, 9.17) is 5.73 Å². The van der Waals surface area contributed by atoms with Gasteiger partial charge in [0.2, 0.25) is 5.91 Å². The van der Waals surface area contributed by atoms with Crippen LogP contribution in [0.1, 0.15) is 45.4 Å². The number of carbonyl (C=O) groups is 1. The first-order chi connectivity index (χ1) is 9.02. The molecule has 1 heterocycles. The van der Waals surface area contributed by atoms with Crippen LogP contribution >= 0.6 is 0 Å². The fourth-order valence-corrected chi connectivity index (χ4v) is 1.57. The largest absolute Gasteiger partial charge is 0.370 e. The Balaban J connectivity index is 2.67. The van der Waals surface area contributed by atoms with Crippen LogP contribution in [0.15, 0.2) is 6.07 Å². The van der Waals surface area contributed by atoms with E-state index in [2.05, 4.69) is 34.4 Å². The van der Waals surface area contributed by atoms with Crippen molar-refractivity contribution in [1.29, 1.82) is 0 Å². The number of hydrogen-bond acceptors (Lipinski definition) is 5. The first kappa shape index (κ1) is 15.2. The molecule has 0 aromatic carbocycles. The first-order valence-corrected chi connectivity index (χ1v) is 6.68. The van der Waals surface area contributed by atoms with Crippen LogP contribution in [0.25, 0.3) is 0 Å². The lowest BCUT2D eigenvalue weighted by molar-refractivity contribution is -0.118. The highest BCUT2D eigenvalue weighted by Crippen LogP contribution is 2.16. The van der Waals surface area contributed by atoms with E-state index in [1.54, 1.807) is 0 Å². The van der Waals surface area contributed by atoms with Gasteiger partial charge >= 0.3 is 0 Å². The summed E-state index contributed by atoms with van der Waals surface area (Å²) in [6.45, 7) is 7.62. The van der Waals surface area contributed by atoms with Crippen LogP contribution in [-0.4, -0.2) is 29.0 Å². The maximum Gasteiger partial charge on any atom is 0.217 e. The van der Waals surface area contributed by atoms with Crippen molar-refractivity contribution in [3.05, 3.63) is 11.9 Å². The van der Waals surface area contributed by atoms with Gasteiger partial charge in [-0.15, -0.1) is 0 Å². The van der Waals surface area contributed by atoms with Gasteiger partial charge in [0, 0.05) is 31.5 Å². The zero-order valence-electron chi connectivity index (χ0n) is 11.9. The lowest BCUT2D eigenvalue weighted by Crippen LogP contribution is -2.14. The molecule has 0 aliphatic rings.